The van der Waals surface area contributed by atoms with Crippen LogP contribution in [0.5, 0.6) is 0 Å². The number of nitrogens with zero attached hydrogens (tertiary/aromatic N) is 3. The maximum atomic E-state index is 9.17. The molecule has 1 aromatic heterocycles. The Labute approximate surface area is 86.2 Å². The number of aliphatic hydroxyl groups excluding tert-OH is 1. The van der Waals surface area contributed by atoms with Gasteiger partial charge in [0.05, 0.1) is 6.10 Å². The van der Waals surface area contributed by atoms with Crippen LogP contribution in [-0.2, 0) is 0 Å². The summed E-state index contributed by atoms with van der Waals surface area (Å²) in [6.45, 7) is 0. The van der Waals surface area contributed by atoms with E-state index in [1.165, 1.54) is 11.8 Å². The summed E-state index contributed by atoms with van der Waals surface area (Å²) in [5.74, 6) is 1.23. The Morgan fingerprint density at radius 2 is 2.07 bits per heavy atom. The zero-order valence-electron chi connectivity index (χ0n) is 7.84. The molecule has 1 aliphatic carbocycles. The van der Waals surface area contributed by atoms with Crippen LogP contribution in [0.15, 0.2) is 5.16 Å². The minimum atomic E-state index is -0.198. The highest BCUT2D eigenvalue weighted by molar-refractivity contribution is 7.98. The second-order valence-electron chi connectivity index (χ2n) is 3.36. The number of anilines is 1. The minimum Gasteiger partial charge on any atom is -0.393 e. The standard InChI is InChI=1S/C8H12N4OS/c1-14-8-11-6(10-7(9)12-8)4-2-5(13)3-4/h4-5,13H,2-3H2,1H3,(H2,9,10,11,12). The van der Waals surface area contributed by atoms with Crippen molar-refractivity contribution in [1.29, 1.82) is 0 Å². The highest BCUT2D eigenvalue weighted by atomic mass is 32.2. The second kappa shape index (κ2) is 3.70. The predicted molar refractivity (Wildman–Crippen MR) is 54.0 cm³/mol. The van der Waals surface area contributed by atoms with Crippen LogP contribution in [0.2, 0.25) is 0 Å². The number of aliphatic hydroxyl groups is 1. The number of nitrogen functional groups attached to an aromatic ring is 1. The Kier molecular flexibility index (Phi) is 2.56. The van der Waals surface area contributed by atoms with Crippen LogP contribution < -0.4 is 5.73 Å². The van der Waals surface area contributed by atoms with Gasteiger partial charge in [0.15, 0.2) is 5.16 Å². The van der Waals surface area contributed by atoms with Gasteiger partial charge in [-0.3, -0.25) is 0 Å². The topological polar surface area (TPSA) is 84.9 Å². The Morgan fingerprint density at radius 3 is 2.64 bits per heavy atom. The Balaban J connectivity index is 2.21. The van der Waals surface area contributed by atoms with Gasteiger partial charge in [0.2, 0.25) is 5.95 Å². The van der Waals surface area contributed by atoms with Crippen LogP contribution >= 0.6 is 11.8 Å². The fourth-order valence-electron chi connectivity index (χ4n) is 1.46. The van der Waals surface area contributed by atoms with E-state index in [1.54, 1.807) is 0 Å². The smallest absolute Gasteiger partial charge is 0.224 e. The lowest BCUT2D eigenvalue weighted by atomic mass is 9.82. The van der Waals surface area contributed by atoms with E-state index in [-0.39, 0.29) is 18.0 Å². The molecule has 1 aromatic rings. The van der Waals surface area contributed by atoms with Crippen LogP contribution in [0.4, 0.5) is 5.95 Å². The maximum Gasteiger partial charge on any atom is 0.224 e. The second-order valence-corrected chi connectivity index (χ2v) is 4.13. The van der Waals surface area contributed by atoms with E-state index in [0.29, 0.717) is 11.0 Å². The van der Waals surface area contributed by atoms with E-state index < -0.39 is 0 Å². The van der Waals surface area contributed by atoms with Crippen molar-refractivity contribution >= 4 is 17.7 Å². The minimum absolute atomic E-state index is 0.198. The molecule has 0 radical (unpaired) electrons. The van der Waals surface area contributed by atoms with Crippen molar-refractivity contribution in [3.63, 3.8) is 0 Å². The molecular formula is C8H12N4OS. The number of hydrogen-bond donors (Lipinski definition) is 2. The van der Waals surface area contributed by atoms with Crippen molar-refractivity contribution < 1.29 is 5.11 Å². The normalized spacial score (nSPS) is 25.9. The monoisotopic (exact) mass is 212 g/mol. The van der Waals surface area contributed by atoms with Crippen molar-refractivity contribution in [1.82, 2.24) is 15.0 Å². The Hall–Kier alpha value is -0.880. The van der Waals surface area contributed by atoms with Gasteiger partial charge >= 0.3 is 0 Å². The average molecular weight is 212 g/mol. The lowest BCUT2D eigenvalue weighted by molar-refractivity contribution is 0.0713. The third-order valence-electron chi connectivity index (χ3n) is 2.31. The van der Waals surface area contributed by atoms with E-state index in [9.17, 15) is 0 Å². The first-order chi connectivity index (χ1) is 6.69. The molecule has 0 spiro atoms. The van der Waals surface area contributed by atoms with Gasteiger partial charge in [0, 0.05) is 5.92 Å². The van der Waals surface area contributed by atoms with Crippen molar-refractivity contribution in [3.05, 3.63) is 5.82 Å². The molecule has 0 amide bonds. The molecule has 0 atom stereocenters. The quantitative estimate of drug-likeness (QED) is 0.691. The number of thioether (sulfide) groups is 1. The molecule has 0 aliphatic heterocycles. The zero-order valence-corrected chi connectivity index (χ0v) is 8.66. The number of rotatable bonds is 2. The highest BCUT2D eigenvalue weighted by Crippen LogP contribution is 2.35. The summed E-state index contributed by atoms with van der Waals surface area (Å²) in [6.07, 6.45) is 3.17. The van der Waals surface area contributed by atoms with Crippen LogP contribution in [-0.4, -0.2) is 32.4 Å². The maximum absolute atomic E-state index is 9.17. The van der Waals surface area contributed by atoms with E-state index in [1.807, 2.05) is 6.26 Å². The lowest BCUT2D eigenvalue weighted by Gasteiger charge is -2.29. The third-order valence-corrected chi connectivity index (χ3v) is 2.86. The number of aromatic nitrogens is 3. The van der Waals surface area contributed by atoms with Crippen LogP contribution in [0.1, 0.15) is 24.6 Å². The molecule has 6 heteroatoms. The fourth-order valence-corrected chi connectivity index (χ4v) is 1.83. The summed E-state index contributed by atoms with van der Waals surface area (Å²) in [5.41, 5.74) is 5.55. The van der Waals surface area contributed by atoms with Gasteiger partial charge < -0.3 is 10.8 Å². The van der Waals surface area contributed by atoms with Gasteiger partial charge in [-0.05, 0) is 19.1 Å². The number of hydrogen-bond acceptors (Lipinski definition) is 6. The highest BCUT2D eigenvalue weighted by Gasteiger charge is 2.31. The van der Waals surface area contributed by atoms with Crippen LogP contribution in [0.3, 0.4) is 0 Å². The van der Waals surface area contributed by atoms with Crippen molar-refractivity contribution in [2.45, 2.75) is 30.0 Å². The van der Waals surface area contributed by atoms with Gasteiger partial charge in [-0.25, -0.2) is 4.98 Å². The van der Waals surface area contributed by atoms with Gasteiger partial charge in [0.1, 0.15) is 5.82 Å². The van der Waals surface area contributed by atoms with Crippen molar-refractivity contribution in [3.8, 4) is 0 Å². The summed E-state index contributed by atoms with van der Waals surface area (Å²) in [4.78, 5) is 12.3. The molecule has 1 saturated carbocycles. The first-order valence-electron chi connectivity index (χ1n) is 4.42. The third kappa shape index (κ3) is 1.80. The molecule has 3 N–H and O–H groups in total. The Bertz CT molecular complexity index is 340. The van der Waals surface area contributed by atoms with E-state index in [0.717, 1.165) is 12.8 Å². The van der Waals surface area contributed by atoms with Crippen LogP contribution in [0, 0.1) is 0 Å². The van der Waals surface area contributed by atoms with E-state index in [4.69, 9.17) is 10.8 Å². The molecule has 1 fully saturated rings. The van der Waals surface area contributed by atoms with E-state index in [2.05, 4.69) is 15.0 Å². The molecule has 0 aromatic carbocycles. The van der Waals surface area contributed by atoms with Gasteiger partial charge in [-0.1, -0.05) is 11.8 Å². The average Bonchev–Trinajstić information content (AvgIpc) is 2.12. The summed E-state index contributed by atoms with van der Waals surface area (Å²) in [7, 11) is 0. The van der Waals surface area contributed by atoms with Crippen molar-refractivity contribution in [2.75, 3.05) is 12.0 Å². The number of nitrogens with two attached hydrogens (primary N) is 1. The molecule has 0 bridgehead atoms. The molecule has 2 rings (SSSR count). The summed E-state index contributed by atoms with van der Waals surface area (Å²) in [5, 5.41) is 9.81. The van der Waals surface area contributed by atoms with Gasteiger partial charge in [-0.2, -0.15) is 9.97 Å². The lowest BCUT2D eigenvalue weighted by Crippen LogP contribution is -2.28. The van der Waals surface area contributed by atoms with Gasteiger partial charge in [-0.15, -0.1) is 0 Å². The summed E-state index contributed by atoms with van der Waals surface area (Å²) in [6, 6.07) is 0. The van der Waals surface area contributed by atoms with Crippen molar-refractivity contribution in [2.24, 2.45) is 0 Å². The fraction of sp³-hybridized carbons (Fsp3) is 0.625. The predicted octanol–water partition coefficient (Wildman–Crippen LogP) is 0.414. The molecule has 14 heavy (non-hydrogen) atoms. The molecule has 5 nitrogen and oxygen atoms in total. The SMILES string of the molecule is CSc1nc(N)nc(C2CC(O)C2)n1. The molecule has 76 valence electrons. The first kappa shape index (κ1) is 9.67. The zero-order chi connectivity index (χ0) is 10.1. The van der Waals surface area contributed by atoms with Gasteiger partial charge in [0.25, 0.3) is 0 Å². The summed E-state index contributed by atoms with van der Waals surface area (Å²) >= 11 is 1.45. The molecule has 0 saturated heterocycles. The van der Waals surface area contributed by atoms with E-state index >= 15 is 0 Å². The molecular weight excluding hydrogens is 200 g/mol. The first-order valence-corrected chi connectivity index (χ1v) is 5.65. The largest absolute Gasteiger partial charge is 0.393 e. The van der Waals surface area contributed by atoms with Crippen LogP contribution in [0.25, 0.3) is 0 Å². The Morgan fingerprint density at radius 1 is 1.36 bits per heavy atom. The summed E-state index contributed by atoms with van der Waals surface area (Å²) < 4.78 is 0. The molecule has 0 unspecified atom stereocenters. The molecule has 1 aliphatic rings. The molecule has 1 heterocycles.